The van der Waals surface area contributed by atoms with Gasteiger partial charge in [0.1, 0.15) is 0 Å². The molecule has 1 nitrogen and oxygen atoms in total. The maximum absolute atomic E-state index is 5.51. The van der Waals surface area contributed by atoms with E-state index in [1.54, 1.807) is 7.11 Å². The molecule has 0 aliphatic rings. The fourth-order valence-corrected chi connectivity index (χ4v) is 7.69. The van der Waals surface area contributed by atoms with Gasteiger partial charge in [0.05, 0.1) is 7.11 Å². The molecule has 0 unspecified atom stereocenters. The molecule has 0 saturated heterocycles. The van der Waals surface area contributed by atoms with E-state index in [4.69, 9.17) is 4.18 Å². The molecule has 0 radical (unpaired) electrons. The van der Waals surface area contributed by atoms with Gasteiger partial charge in [-0.15, -0.1) is 0 Å². The third-order valence-electron chi connectivity index (χ3n) is 3.75. The molecule has 0 saturated carbocycles. The summed E-state index contributed by atoms with van der Waals surface area (Å²) in [6.07, 6.45) is 0. The van der Waals surface area contributed by atoms with E-state index in [0.29, 0.717) is 0 Å². The second kappa shape index (κ2) is 7.01. The molecule has 0 bridgehead atoms. The molecule has 0 atom stereocenters. The number of halogens is 2. The molecule has 1 aromatic carbocycles. The van der Waals surface area contributed by atoms with Gasteiger partial charge in [-0.3, -0.25) is 0 Å². The fraction of sp³-hybridized carbons (Fsp3) is 0.684. The Morgan fingerprint density at radius 2 is 0.957 bits per heavy atom. The SMILES string of the molecule is COSc1c(C(C)(C)C)c(Br)c(C(C)(C)C)c(Br)c1C(C)(C)C. The summed E-state index contributed by atoms with van der Waals surface area (Å²) in [5.74, 6) is 0. The van der Waals surface area contributed by atoms with Crippen molar-refractivity contribution in [3.05, 3.63) is 25.6 Å². The largest absolute Gasteiger partial charge is 0.314 e. The van der Waals surface area contributed by atoms with Crippen LogP contribution in [-0.2, 0) is 20.4 Å². The fourth-order valence-electron chi connectivity index (χ4n) is 2.84. The number of rotatable bonds is 2. The third kappa shape index (κ3) is 4.56. The van der Waals surface area contributed by atoms with E-state index in [1.807, 2.05) is 0 Å². The first-order valence-corrected chi connectivity index (χ1v) is 10.2. The minimum Gasteiger partial charge on any atom is -0.314 e. The lowest BCUT2D eigenvalue weighted by Gasteiger charge is -2.36. The van der Waals surface area contributed by atoms with Crippen LogP contribution in [-0.4, -0.2) is 7.11 Å². The molecule has 0 aliphatic heterocycles. The van der Waals surface area contributed by atoms with Crippen molar-refractivity contribution < 1.29 is 4.18 Å². The average molecular weight is 466 g/mol. The van der Waals surface area contributed by atoms with Gasteiger partial charge < -0.3 is 4.18 Å². The van der Waals surface area contributed by atoms with Crippen LogP contribution in [0.3, 0.4) is 0 Å². The summed E-state index contributed by atoms with van der Waals surface area (Å²) in [5, 5.41) is 0. The highest BCUT2D eigenvalue weighted by Gasteiger charge is 2.36. The molecule has 0 aromatic heterocycles. The van der Waals surface area contributed by atoms with Gasteiger partial charge in [0.25, 0.3) is 0 Å². The van der Waals surface area contributed by atoms with Crippen LogP contribution in [0.1, 0.15) is 79.0 Å². The van der Waals surface area contributed by atoms with Gasteiger partial charge in [-0.25, -0.2) is 0 Å². The van der Waals surface area contributed by atoms with E-state index < -0.39 is 0 Å². The van der Waals surface area contributed by atoms with Crippen LogP contribution in [0.4, 0.5) is 0 Å². The highest BCUT2D eigenvalue weighted by Crippen LogP contribution is 2.51. The molecule has 0 amide bonds. The second-order valence-electron chi connectivity index (χ2n) is 9.08. The first-order chi connectivity index (χ1) is 10.1. The monoisotopic (exact) mass is 464 g/mol. The van der Waals surface area contributed by atoms with Gasteiger partial charge in [-0.05, 0) is 32.9 Å². The van der Waals surface area contributed by atoms with E-state index in [2.05, 4.69) is 94.2 Å². The van der Waals surface area contributed by atoms with E-state index >= 15 is 0 Å². The molecular weight excluding hydrogens is 436 g/mol. The quantitative estimate of drug-likeness (QED) is 0.412. The van der Waals surface area contributed by atoms with Gasteiger partial charge in [0.2, 0.25) is 0 Å². The zero-order valence-corrected chi connectivity index (χ0v) is 20.1. The van der Waals surface area contributed by atoms with E-state index in [0.717, 1.165) is 0 Å². The van der Waals surface area contributed by atoms with E-state index in [9.17, 15) is 0 Å². The smallest absolute Gasteiger partial charge is 0.0508 e. The number of hydrogen-bond acceptors (Lipinski definition) is 2. The molecule has 0 fully saturated rings. The lowest BCUT2D eigenvalue weighted by Crippen LogP contribution is -2.25. The van der Waals surface area contributed by atoms with Crippen LogP contribution in [0.25, 0.3) is 0 Å². The van der Waals surface area contributed by atoms with Crippen LogP contribution in [0.2, 0.25) is 0 Å². The third-order valence-corrected chi connectivity index (χ3v) is 6.08. The first kappa shape index (κ1) is 21.5. The normalized spacial score (nSPS) is 13.6. The summed E-state index contributed by atoms with van der Waals surface area (Å²) in [6.45, 7) is 20.4. The highest BCUT2D eigenvalue weighted by molar-refractivity contribution is 9.11. The molecular formula is C19H30Br2OS. The predicted molar refractivity (Wildman–Crippen MR) is 111 cm³/mol. The van der Waals surface area contributed by atoms with Gasteiger partial charge in [0.15, 0.2) is 0 Å². The maximum Gasteiger partial charge on any atom is 0.0508 e. The molecule has 0 N–H and O–H groups in total. The maximum atomic E-state index is 5.51. The van der Waals surface area contributed by atoms with Crippen LogP contribution < -0.4 is 0 Å². The molecule has 1 aromatic rings. The van der Waals surface area contributed by atoms with E-state index in [1.165, 1.54) is 42.6 Å². The molecule has 1 rings (SSSR count). The van der Waals surface area contributed by atoms with Crippen LogP contribution >= 0.6 is 43.9 Å². The van der Waals surface area contributed by atoms with Gasteiger partial charge in [-0.1, -0.05) is 94.2 Å². The minimum absolute atomic E-state index is 0.0143. The topological polar surface area (TPSA) is 9.23 Å². The lowest BCUT2D eigenvalue weighted by atomic mass is 9.75. The molecule has 0 heterocycles. The predicted octanol–water partition coefficient (Wildman–Crippen LogP) is 7.76. The van der Waals surface area contributed by atoms with Gasteiger partial charge in [-0.2, -0.15) is 0 Å². The van der Waals surface area contributed by atoms with Crippen molar-refractivity contribution in [2.24, 2.45) is 0 Å². The van der Waals surface area contributed by atoms with Crippen molar-refractivity contribution in [2.45, 2.75) is 83.5 Å². The number of hydrogen-bond donors (Lipinski definition) is 0. The first-order valence-electron chi connectivity index (χ1n) is 7.91. The molecule has 132 valence electrons. The summed E-state index contributed by atoms with van der Waals surface area (Å²) >= 11 is 9.32. The standard InChI is InChI=1S/C19H30Br2OS/c1-17(2,3)11-14(20)12(18(4,5)6)16(23-22-10)13(15(11)21)19(7,8)9/h1-10H3. The summed E-state index contributed by atoms with van der Waals surface area (Å²) < 4.78 is 7.89. The Morgan fingerprint density at radius 3 is 1.17 bits per heavy atom. The molecule has 0 spiro atoms. The lowest BCUT2D eigenvalue weighted by molar-refractivity contribution is 0.478. The Bertz CT molecular complexity index is 546. The Balaban J connectivity index is 4.11. The molecule has 23 heavy (non-hydrogen) atoms. The summed E-state index contributed by atoms with van der Waals surface area (Å²) in [6, 6.07) is 0. The Morgan fingerprint density at radius 1 is 0.652 bits per heavy atom. The summed E-state index contributed by atoms with van der Waals surface area (Å²) in [5.41, 5.74) is 4.03. The van der Waals surface area contributed by atoms with Crippen molar-refractivity contribution in [1.82, 2.24) is 0 Å². The van der Waals surface area contributed by atoms with Crippen molar-refractivity contribution in [3.63, 3.8) is 0 Å². The minimum atomic E-state index is 0.0143. The zero-order chi connectivity index (χ0) is 18.4. The van der Waals surface area contributed by atoms with Crippen molar-refractivity contribution in [3.8, 4) is 0 Å². The van der Waals surface area contributed by atoms with Crippen LogP contribution in [0.5, 0.6) is 0 Å². The van der Waals surface area contributed by atoms with Gasteiger partial charge >= 0.3 is 0 Å². The van der Waals surface area contributed by atoms with Crippen molar-refractivity contribution in [1.29, 1.82) is 0 Å². The Hall–Kier alpha value is 0.490. The molecule has 4 heteroatoms. The summed E-state index contributed by atoms with van der Waals surface area (Å²) in [7, 11) is 1.74. The Kier molecular flexibility index (Phi) is 6.56. The Labute approximate surface area is 163 Å². The van der Waals surface area contributed by atoms with E-state index in [-0.39, 0.29) is 16.2 Å². The van der Waals surface area contributed by atoms with Crippen molar-refractivity contribution in [2.75, 3.05) is 7.11 Å². The van der Waals surface area contributed by atoms with Crippen molar-refractivity contribution >= 4 is 43.9 Å². The average Bonchev–Trinajstić information content (AvgIpc) is 2.22. The summed E-state index contributed by atoms with van der Waals surface area (Å²) in [4.78, 5) is 1.22. The van der Waals surface area contributed by atoms with Crippen LogP contribution in [0, 0.1) is 0 Å². The second-order valence-corrected chi connectivity index (χ2v) is 11.6. The highest BCUT2D eigenvalue weighted by atomic mass is 79.9. The molecule has 0 aliphatic carbocycles. The van der Waals surface area contributed by atoms with Gasteiger partial charge in [0, 0.05) is 25.9 Å². The zero-order valence-electron chi connectivity index (χ0n) is 16.1. The number of benzene rings is 1. The van der Waals surface area contributed by atoms with Crippen LogP contribution in [0.15, 0.2) is 13.8 Å².